The molecule has 0 radical (unpaired) electrons. The van der Waals surface area contributed by atoms with E-state index in [-0.39, 0.29) is 11.7 Å². The number of imidazole rings is 1. The van der Waals surface area contributed by atoms with Crippen LogP contribution < -0.4 is 0 Å². The Labute approximate surface area is 157 Å². The molecule has 132 valence electrons. The molecule has 1 atom stereocenters. The minimum Gasteiger partial charge on any atom is -0.294 e. The van der Waals surface area contributed by atoms with Crippen LogP contribution in [0.3, 0.4) is 0 Å². The number of allylic oxidation sites excluding steroid dienone is 1. The van der Waals surface area contributed by atoms with Crippen LogP contribution in [0.1, 0.15) is 33.7 Å². The zero-order valence-electron chi connectivity index (χ0n) is 15.1. The fourth-order valence-electron chi connectivity index (χ4n) is 4.03. The summed E-state index contributed by atoms with van der Waals surface area (Å²) in [5, 5.41) is 0. The van der Waals surface area contributed by atoms with Gasteiger partial charge in [0.1, 0.15) is 0 Å². The zero-order valence-corrected chi connectivity index (χ0v) is 15.1. The first-order valence-electron chi connectivity index (χ1n) is 9.24. The van der Waals surface area contributed by atoms with Crippen molar-refractivity contribution in [3.63, 3.8) is 0 Å². The zero-order chi connectivity index (χ0) is 18.4. The van der Waals surface area contributed by atoms with Crippen molar-refractivity contribution in [3.05, 3.63) is 83.2 Å². The predicted molar refractivity (Wildman–Crippen MR) is 107 cm³/mol. The monoisotopic (exact) mass is 353 g/mol. The summed E-state index contributed by atoms with van der Waals surface area (Å²) in [6, 6.07) is 18.1. The largest absolute Gasteiger partial charge is 0.294 e. The first kappa shape index (κ1) is 15.9. The fourth-order valence-corrected chi connectivity index (χ4v) is 4.03. The molecular formula is C23H19N3O. The Morgan fingerprint density at radius 2 is 1.78 bits per heavy atom. The van der Waals surface area contributed by atoms with Gasteiger partial charge >= 0.3 is 0 Å². The Balaban J connectivity index is 1.58. The van der Waals surface area contributed by atoms with Crippen LogP contribution in [0.15, 0.2) is 60.7 Å². The topological polar surface area (TPSA) is 47.3 Å². The summed E-state index contributed by atoms with van der Waals surface area (Å²) in [7, 11) is 0. The molecule has 0 saturated carbocycles. The van der Waals surface area contributed by atoms with Gasteiger partial charge in [0.05, 0.1) is 22.3 Å². The molecule has 0 aliphatic heterocycles. The number of Topliss-reactive ketones (excluding diaryl/α,β-unsaturated/α-hetero) is 1. The molecule has 2 heterocycles. The maximum atomic E-state index is 12.9. The van der Waals surface area contributed by atoms with Crippen molar-refractivity contribution in [3.8, 4) is 0 Å². The maximum absolute atomic E-state index is 12.9. The van der Waals surface area contributed by atoms with Gasteiger partial charge in [-0.2, -0.15) is 0 Å². The van der Waals surface area contributed by atoms with E-state index in [4.69, 9.17) is 4.98 Å². The molecule has 1 aliphatic carbocycles. The molecule has 27 heavy (non-hydrogen) atoms. The summed E-state index contributed by atoms with van der Waals surface area (Å²) < 4.78 is 2.01. The number of ketones is 1. The van der Waals surface area contributed by atoms with E-state index < -0.39 is 0 Å². The molecule has 2 aromatic heterocycles. The molecule has 4 aromatic rings. The van der Waals surface area contributed by atoms with Gasteiger partial charge in [0.2, 0.25) is 5.78 Å². The van der Waals surface area contributed by atoms with Crippen molar-refractivity contribution in [2.75, 3.05) is 0 Å². The number of nitrogens with zero attached hydrogens (tertiary/aromatic N) is 3. The van der Waals surface area contributed by atoms with Gasteiger partial charge in [-0.25, -0.2) is 9.97 Å². The van der Waals surface area contributed by atoms with E-state index in [1.54, 1.807) is 0 Å². The third-order valence-corrected chi connectivity index (χ3v) is 5.31. The molecule has 0 unspecified atom stereocenters. The smallest absolute Gasteiger partial charge is 0.235 e. The number of carbonyl (C=O) groups is 1. The predicted octanol–water partition coefficient (Wildman–Crippen LogP) is 4.65. The van der Waals surface area contributed by atoms with Gasteiger partial charge in [0.15, 0.2) is 5.78 Å². The first-order chi connectivity index (χ1) is 13.2. The van der Waals surface area contributed by atoms with Crippen LogP contribution in [0.4, 0.5) is 0 Å². The summed E-state index contributed by atoms with van der Waals surface area (Å²) in [5.41, 5.74) is 5.64. The van der Waals surface area contributed by atoms with E-state index in [0.717, 1.165) is 40.0 Å². The van der Waals surface area contributed by atoms with Crippen molar-refractivity contribution < 1.29 is 4.79 Å². The van der Waals surface area contributed by atoms with Gasteiger partial charge in [-0.1, -0.05) is 54.6 Å². The second-order valence-electron chi connectivity index (χ2n) is 7.12. The minimum atomic E-state index is 0.170. The molecule has 4 heteroatoms. The molecule has 0 spiro atoms. The Morgan fingerprint density at radius 3 is 2.63 bits per heavy atom. The lowest BCUT2D eigenvalue weighted by atomic mass is 9.84. The van der Waals surface area contributed by atoms with Gasteiger partial charge in [-0.05, 0) is 37.0 Å². The van der Waals surface area contributed by atoms with Crippen molar-refractivity contribution in [1.29, 1.82) is 0 Å². The molecule has 5 rings (SSSR count). The summed E-state index contributed by atoms with van der Waals surface area (Å²) in [6.45, 7) is 2.00. The van der Waals surface area contributed by atoms with Gasteiger partial charge in [0.25, 0.3) is 0 Å². The highest BCUT2D eigenvalue weighted by Gasteiger charge is 2.28. The Bertz CT molecular complexity index is 1200. The van der Waals surface area contributed by atoms with Crippen LogP contribution in [-0.2, 0) is 6.42 Å². The van der Waals surface area contributed by atoms with E-state index in [1.807, 2.05) is 53.8 Å². The third kappa shape index (κ3) is 2.65. The van der Waals surface area contributed by atoms with Gasteiger partial charge in [0, 0.05) is 12.1 Å². The molecule has 2 aromatic carbocycles. The highest BCUT2D eigenvalue weighted by atomic mass is 16.1. The minimum absolute atomic E-state index is 0.170. The number of benzene rings is 2. The number of hydrogen-bond donors (Lipinski definition) is 0. The second-order valence-corrected chi connectivity index (χ2v) is 7.12. The normalized spacial score (nSPS) is 17.1. The highest BCUT2D eigenvalue weighted by molar-refractivity contribution is 6.00. The summed E-state index contributed by atoms with van der Waals surface area (Å²) in [6.07, 6.45) is 5.53. The molecule has 0 amide bonds. The molecule has 0 fully saturated rings. The summed E-state index contributed by atoms with van der Waals surface area (Å²) in [4.78, 5) is 22.3. The summed E-state index contributed by atoms with van der Waals surface area (Å²) >= 11 is 0. The van der Waals surface area contributed by atoms with Gasteiger partial charge in [-0.3, -0.25) is 9.20 Å². The number of carbonyl (C=O) groups excluding carboxylic acids is 1. The lowest BCUT2D eigenvalue weighted by Crippen LogP contribution is -2.23. The number of aromatic nitrogens is 3. The average molecular weight is 353 g/mol. The van der Waals surface area contributed by atoms with Crippen molar-refractivity contribution in [2.24, 2.45) is 5.92 Å². The lowest BCUT2D eigenvalue weighted by molar-refractivity contribution is 0.0956. The molecule has 0 saturated heterocycles. The van der Waals surface area contributed by atoms with E-state index >= 15 is 0 Å². The lowest BCUT2D eigenvalue weighted by Gasteiger charge is -2.22. The number of hydrogen-bond acceptors (Lipinski definition) is 3. The third-order valence-electron chi connectivity index (χ3n) is 5.31. The fraction of sp³-hybridized carbons (Fsp3) is 0.174. The van der Waals surface area contributed by atoms with Crippen molar-refractivity contribution in [1.82, 2.24) is 14.4 Å². The number of fused-ring (bicyclic) bond motifs is 4. The second kappa shape index (κ2) is 6.16. The number of para-hydroxylation sites is 2. The standard InChI is InChI=1S/C23H19N3O/c1-15-22-19(25-23-24-18-9-5-6-10-20(18)26(15)23)13-17(14-21(22)27)12-11-16-7-3-2-4-8-16/h2-12,17H,13-14H2,1H3/b12-11+/t17-/m1/s1. The number of rotatable bonds is 2. The van der Waals surface area contributed by atoms with Crippen LogP contribution >= 0.6 is 0 Å². The van der Waals surface area contributed by atoms with E-state index in [9.17, 15) is 4.79 Å². The van der Waals surface area contributed by atoms with Crippen molar-refractivity contribution in [2.45, 2.75) is 19.8 Å². The van der Waals surface area contributed by atoms with Gasteiger partial charge < -0.3 is 0 Å². The number of aryl methyl sites for hydroxylation is 1. The van der Waals surface area contributed by atoms with Crippen molar-refractivity contribution >= 4 is 28.7 Å². The van der Waals surface area contributed by atoms with E-state index in [0.29, 0.717) is 12.2 Å². The molecule has 4 nitrogen and oxygen atoms in total. The molecule has 1 aliphatic rings. The van der Waals surface area contributed by atoms with Crippen LogP contribution in [0.5, 0.6) is 0 Å². The maximum Gasteiger partial charge on any atom is 0.235 e. The molecular weight excluding hydrogens is 334 g/mol. The van der Waals surface area contributed by atoms with Crippen LogP contribution in [0.2, 0.25) is 0 Å². The molecule has 0 bridgehead atoms. The Morgan fingerprint density at radius 1 is 1.00 bits per heavy atom. The Hall–Kier alpha value is -3.27. The van der Waals surface area contributed by atoms with Crippen LogP contribution in [0, 0.1) is 12.8 Å². The average Bonchev–Trinajstić information content (AvgIpc) is 3.05. The highest BCUT2D eigenvalue weighted by Crippen LogP contribution is 2.30. The Kier molecular flexibility index (Phi) is 3.64. The van der Waals surface area contributed by atoms with Gasteiger partial charge in [-0.15, -0.1) is 0 Å². The SMILES string of the molecule is Cc1c2c(nc3nc4ccccc4n13)C[C@@H](/C=C/c1ccccc1)CC2=O. The quantitative estimate of drug-likeness (QED) is 0.527. The van der Waals surface area contributed by atoms with E-state index in [1.165, 1.54) is 0 Å². The van der Waals surface area contributed by atoms with Crippen LogP contribution in [0.25, 0.3) is 22.9 Å². The molecule has 0 N–H and O–H groups in total. The first-order valence-corrected chi connectivity index (χ1v) is 9.24. The van der Waals surface area contributed by atoms with Crippen LogP contribution in [-0.4, -0.2) is 20.2 Å². The van der Waals surface area contributed by atoms with E-state index in [2.05, 4.69) is 29.3 Å². The summed E-state index contributed by atoms with van der Waals surface area (Å²) in [5.74, 6) is 1.01.